The standard InChI is InChI=1S/C27H27N3O3S/c1-19-10-12-23(13-11-19)34(32,33)30-18-22-7-3-2-6-20(22)16-26(30)27(31)28-15-14-21-17-29-25-9-5-4-8-24(21)25/h2-13,17,26,29H,14-16,18H2,1H3,(H,28,31)/t26-/m0/s1. The molecule has 1 aliphatic rings. The molecule has 0 aliphatic carbocycles. The minimum atomic E-state index is -3.85. The van der Waals surface area contributed by atoms with Crippen LogP contribution in [0.15, 0.2) is 83.9 Å². The van der Waals surface area contributed by atoms with Gasteiger partial charge in [-0.2, -0.15) is 4.31 Å². The van der Waals surface area contributed by atoms with Gasteiger partial charge >= 0.3 is 0 Å². The number of para-hydroxylation sites is 1. The summed E-state index contributed by atoms with van der Waals surface area (Å²) in [6.07, 6.45) is 2.96. The van der Waals surface area contributed by atoms with E-state index < -0.39 is 16.1 Å². The number of hydrogen-bond acceptors (Lipinski definition) is 3. The van der Waals surface area contributed by atoms with Crippen LogP contribution in [0.4, 0.5) is 0 Å². The second-order valence-electron chi connectivity index (χ2n) is 8.75. The summed E-state index contributed by atoms with van der Waals surface area (Å²) in [7, 11) is -3.85. The molecule has 7 heteroatoms. The predicted molar refractivity (Wildman–Crippen MR) is 133 cm³/mol. The Kier molecular flexibility index (Phi) is 5.98. The van der Waals surface area contributed by atoms with Gasteiger partial charge < -0.3 is 10.3 Å². The normalized spacial score (nSPS) is 16.3. The summed E-state index contributed by atoms with van der Waals surface area (Å²) in [5.41, 5.74) is 5.10. The van der Waals surface area contributed by atoms with Gasteiger partial charge in [-0.15, -0.1) is 0 Å². The van der Waals surface area contributed by atoms with Gasteiger partial charge in [-0.05, 0) is 54.7 Å². The maximum Gasteiger partial charge on any atom is 0.244 e. The molecule has 34 heavy (non-hydrogen) atoms. The summed E-state index contributed by atoms with van der Waals surface area (Å²) in [5.74, 6) is -0.273. The summed E-state index contributed by atoms with van der Waals surface area (Å²) in [4.78, 5) is 16.8. The number of aromatic nitrogens is 1. The third-order valence-corrected chi connectivity index (χ3v) is 8.37. The highest BCUT2D eigenvalue weighted by molar-refractivity contribution is 7.89. The molecule has 3 aromatic carbocycles. The molecular formula is C27H27N3O3S. The number of hydrogen-bond donors (Lipinski definition) is 2. The second kappa shape index (κ2) is 9.08. The second-order valence-corrected chi connectivity index (χ2v) is 10.6. The van der Waals surface area contributed by atoms with Crippen molar-refractivity contribution in [2.75, 3.05) is 6.54 Å². The number of nitrogens with zero attached hydrogens (tertiary/aromatic N) is 1. The maximum atomic E-state index is 13.6. The quantitative estimate of drug-likeness (QED) is 0.445. The Morgan fingerprint density at radius 1 is 1.00 bits per heavy atom. The fourth-order valence-electron chi connectivity index (χ4n) is 4.60. The Morgan fingerprint density at radius 2 is 1.71 bits per heavy atom. The molecule has 6 nitrogen and oxygen atoms in total. The van der Waals surface area contributed by atoms with Gasteiger partial charge in [0.15, 0.2) is 0 Å². The number of sulfonamides is 1. The number of H-pyrrole nitrogens is 1. The molecule has 1 aromatic heterocycles. The topological polar surface area (TPSA) is 82.3 Å². The zero-order valence-electron chi connectivity index (χ0n) is 19.0. The van der Waals surface area contributed by atoms with Crippen LogP contribution in [0.3, 0.4) is 0 Å². The summed E-state index contributed by atoms with van der Waals surface area (Å²) < 4.78 is 28.5. The number of rotatable bonds is 6. The van der Waals surface area contributed by atoms with Crippen molar-refractivity contribution in [3.8, 4) is 0 Å². The number of nitrogens with one attached hydrogen (secondary N) is 2. The van der Waals surface area contributed by atoms with Gasteiger partial charge in [0.2, 0.25) is 15.9 Å². The molecule has 0 saturated heterocycles. The van der Waals surface area contributed by atoms with Crippen LogP contribution in [0.25, 0.3) is 10.9 Å². The van der Waals surface area contributed by atoms with Crippen molar-refractivity contribution in [1.29, 1.82) is 0 Å². The average Bonchev–Trinajstić information content (AvgIpc) is 3.26. The summed E-state index contributed by atoms with van der Waals surface area (Å²) in [6, 6.07) is 21.7. The zero-order chi connectivity index (χ0) is 23.7. The smallest absolute Gasteiger partial charge is 0.244 e. The molecule has 0 radical (unpaired) electrons. The van der Waals surface area contributed by atoms with Crippen molar-refractivity contribution in [1.82, 2.24) is 14.6 Å². The van der Waals surface area contributed by atoms with E-state index in [2.05, 4.69) is 16.4 Å². The first-order chi connectivity index (χ1) is 16.4. The molecule has 0 saturated carbocycles. The molecule has 2 heterocycles. The Labute approximate surface area is 199 Å². The number of aromatic amines is 1. The lowest BCUT2D eigenvalue weighted by Gasteiger charge is -2.35. The van der Waals surface area contributed by atoms with Gasteiger partial charge in [-0.25, -0.2) is 8.42 Å². The fourth-order valence-corrected chi connectivity index (χ4v) is 6.16. The Bertz CT molecular complexity index is 1440. The van der Waals surface area contributed by atoms with Crippen LogP contribution in [-0.4, -0.2) is 36.2 Å². The molecule has 0 unspecified atom stereocenters. The van der Waals surface area contributed by atoms with Crippen molar-refractivity contribution in [3.63, 3.8) is 0 Å². The molecule has 5 rings (SSSR count). The Morgan fingerprint density at radius 3 is 2.50 bits per heavy atom. The number of carbonyl (C=O) groups is 1. The number of benzene rings is 3. The van der Waals surface area contributed by atoms with E-state index in [9.17, 15) is 13.2 Å². The number of fused-ring (bicyclic) bond motifs is 2. The molecule has 0 bridgehead atoms. The molecule has 1 aliphatic heterocycles. The first-order valence-corrected chi connectivity index (χ1v) is 12.9. The van der Waals surface area contributed by atoms with Crippen LogP contribution < -0.4 is 5.32 Å². The highest BCUT2D eigenvalue weighted by Gasteiger charge is 2.39. The number of amides is 1. The molecule has 0 spiro atoms. The molecular weight excluding hydrogens is 446 g/mol. The summed E-state index contributed by atoms with van der Waals surface area (Å²) in [6.45, 7) is 2.52. The van der Waals surface area contributed by atoms with Crippen LogP contribution in [0.2, 0.25) is 0 Å². The third-order valence-electron chi connectivity index (χ3n) is 6.50. The van der Waals surface area contributed by atoms with Gasteiger partial charge in [0.05, 0.1) is 4.90 Å². The van der Waals surface area contributed by atoms with Gasteiger partial charge in [-0.1, -0.05) is 60.2 Å². The van der Waals surface area contributed by atoms with Gasteiger partial charge in [0.25, 0.3) is 0 Å². The number of aryl methyl sites for hydroxylation is 1. The molecule has 1 amide bonds. The first kappa shape index (κ1) is 22.4. The maximum absolute atomic E-state index is 13.6. The highest BCUT2D eigenvalue weighted by Crippen LogP contribution is 2.29. The lowest BCUT2D eigenvalue weighted by Crippen LogP contribution is -2.52. The lowest BCUT2D eigenvalue weighted by atomic mass is 9.95. The van der Waals surface area contributed by atoms with Gasteiger partial charge in [-0.3, -0.25) is 4.79 Å². The summed E-state index contributed by atoms with van der Waals surface area (Å²) in [5, 5.41) is 4.12. The molecule has 2 N–H and O–H groups in total. The van der Waals surface area contributed by atoms with E-state index >= 15 is 0 Å². The fraction of sp³-hybridized carbons (Fsp3) is 0.222. The van der Waals surface area contributed by atoms with Gasteiger partial charge in [0, 0.05) is 30.2 Å². The third kappa shape index (κ3) is 4.24. The van der Waals surface area contributed by atoms with Crippen LogP contribution in [-0.2, 0) is 34.2 Å². The number of carbonyl (C=O) groups excluding carboxylic acids is 1. The van der Waals surface area contributed by atoms with E-state index in [0.29, 0.717) is 19.4 Å². The average molecular weight is 474 g/mol. The molecule has 1 atom stereocenters. The van der Waals surface area contributed by atoms with Crippen molar-refractivity contribution < 1.29 is 13.2 Å². The van der Waals surface area contributed by atoms with E-state index in [1.54, 1.807) is 24.3 Å². The van der Waals surface area contributed by atoms with Crippen LogP contribution in [0.5, 0.6) is 0 Å². The van der Waals surface area contributed by atoms with Crippen molar-refractivity contribution in [2.45, 2.75) is 37.2 Å². The molecule has 0 fully saturated rings. The van der Waals surface area contributed by atoms with Crippen molar-refractivity contribution in [3.05, 3.63) is 101 Å². The van der Waals surface area contributed by atoms with E-state index in [1.807, 2.05) is 55.6 Å². The predicted octanol–water partition coefficient (Wildman–Crippen LogP) is 3.95. The van der Waals surface area contributed by atoms with Crippen LogP contribution in [0.1, 0.15) is 22.3 Å². The van der Waals surface area contributed by atoms with E-state index in [0.717, 1.165) is 33.2 Å². The van der Waals surface area contributed by atoms with Crippen molar-refractivity contribution in [2.24, 2.45) is 0 Å². The zero-order valence-corrected chi connectivity index (χ0v) is 19.8. The minimum Gasteiger partial charge on any atom is -0.361 e. The van der Waals surface area contributed by atoms with E-state index in [-0.39, 0.29) is 17.3 Å². The van der Waals surface area contributed by atoms with E-state index in [4.69, 9.17) is 0 Å². The lowest BCUT2D eigenvalue weighted by molar-refractivity contribution is -0.125. The molecule has 4 aromatic rings. The minimum absolute atomic E-state index is 0.174. The summed E-state index contributed by atoms with van der Waals surface area (Å²) >= 11 is 0. The Hall–Kier alpha value is -3.42. The SMILES string of the molecule is Cc1ccc(S(=O)(=O)N2Cc3ccccc3C[C@H]2C(=O)NCCc2c[nH]c3ccccc23)cc1. The highest BCUT2D eigenvalue weighted by atomic mass is 32.2. The monoisotopic (exact) mass is 473 g/mol. The van der Waals surface area contributed by atoms with E-state index in [1.165, 1.54) is 4.31 Å². The van der Waals surface area contributed by atoms with Crippen molar-refractivity contribution >= 4 is 26.8 Å². The first-order valence-electron chi connectivity index (χ1n) is 11.4. The Balaban J connectivity index is 1.37. The van der Waals surface area contributed by atoms with Crippen LogP contribution >= 0.6 is 0 Å². The van der Waals surface area contributed by atoms with Gasteiger partial charge in [0.1, 0.15) is 6.04 Å². The largest absolute Gasteiger partial charge is 0.361 e. The molecule has 174 valence electrons. The van der Waals surface area contributed by atoms with Crippen LogP contribution in [0, 0.1) is 6.92 Å².